The van der Waals surface area contributed by atoms with Crippen LogP contribution in [0.2, 0.25) is 0 Å². The van der Waals surface area contributed by atoms with Crippen LogP contribution in [0.5, 0.6) is 0 Å². The first-order chi connectivity index (χ1) is 14.5. The molecule has 0 spiro atoms. The molecule has 2 fully saturated rings. The van der Waals surface area contributed by atoms with Crippen molar-refractivity contribution in [2.45, 2.75) is 58.0 Å². The molecule has 1 amide bonds. The molecule has 0 saturated carbocycles. The van der Waals surface area contributed by atoms with Crippen molar-refractivity contribution < 1.29 is 23.5 Å². The van der Waals surface area contributed by atoms with Crippen LogP contribution in [-0.2, 0) is 27.4 Å². The van der Waals surface area contributed by atoms with E-state index in [4.69, 9.17) is 13.9 Å². The number of amides is 1. The topological polar surface area (TPSA) is 72.2 Å². The van der Waals surface area contributed by atoms with Crippen molar-refractivity contribution in [1.82, 2.24) is 9.80 Å². The molecular weight excluding hydrogens is 384 g/mol. The lowest BCUT2D eigenvalue weighted by molar-refractivity contribution is -0.142. The number of hydrogen-bond donors (Lipinski definition) is 0. The Hall–Kier alpha value is -2.80. The van der Waals surface area contributed by atoms with Crippen LogP contribution >= 0.6 is 0 Å². The largest absolute Gasteiger partial charge is 0.461 e. The van der Waals surface area contributed by atoms with Crippen molar-refractivity contribution >= 4 is 12.1 Å². The zero-order valence-electron chi connectivity index (χ0n) is 17.5. The average Bonchev–Trinajstić information content (AvgIpc) is 3.31. The maximum Gasteiger partial charge on any atom is 0.411 e. The standard InChI is InChI=1S/C23H28N2O5/c1-16-22(18-6-4-3-5-7-18)30-23(27)25(16)19-10-12-24(13-11-19)14-20-8-9-21(29-20)15-28-17(2)26/h3-9,16,19,22H,10-15H2,1-2H3. The van der Waals surface area contributed by atoms with Crippen molar-refractivity contribution in [1.29, 1.82) is 0 Å². The molecule has 0 radical (unpaired) electrons. The molecule has 0 aliphatic carbocycles. The van der Waals surface area contributed by atoms with Gasteiger partial charge in [0.1, 0.15) is 24.2 Å². The van der Waals surface area contributed by atoms with E-state index in [-0.39, 0.29) is 36.9 Å². The molecule has 160 valence electrons. The summed E-state index contributed by atoms with van der Waals surface area (Å²) in [5.41, 5.74) is 1.04. The van der Waals surface area contributed by atoms with E-state index in [1.807, 2.05) is 47.4 Å². The zero-order chi connectivity index (χ0) is 21.1. The number of nitrogens with zero attached hydrogens (tertiary/aromatic N) is 2. The van der Waals surface area contributed by atoms with Crippen molar-refractivity contribution in [3.8, 4) is 0 Å². The Morgan fingerprint density at radius 3 is 2.50 bits per heavy atom. The van der Waals surface area contributed by atoms with E-state index in [2.05, 4.69) is 11.8 Å². The first-order valence-electron chi connectivity index (χ1n) is 10.5. The summed E-state index contributed by atoms with van der Waals surface area (Å²) in [6, 6.07) is 13.9. The van der Waals surface area contributed by atoms with Crippen LogP contribution < -0.4 is 0 Å². The van der Waals surface area contributed by atoms with Crippen LogP contribution in [0.3, 0.4) is 0 Å². The molecule has 2 unspecified atom stereocenters. The van der Waals surface area contributed by atoms with Gasteiger partial charge in [-0.3, -0.25) is 14.6 Å². The highest BCUT2D eigenvalue weighted by molar-refractivity contribution is 5.71. The second-order valence-corrected chi connectivity index (χ2v) is 8.02. The van der Waals surface area contributed by atoms with Gasteiger partial charge >= 0.3 is 12.1 Å². The lowest BCUT2D eigenvalue weighted by Crippen LogP contribution is -2.47. The fourth-order valence-corrected chi connectivity index (χ4v) is 4.38. The average molecular weight is 412 g/mol. The number of cyclic esters (lactones) is 1. The lowest BCUT2D eigenvalue weighted by atomic mass is 9.98. The zero-order valence-corrected chi connectivity index (χ0v) is 17.5. The van der Waals surface area contributed by atoms with Gasteiger partial charge in [0.25, 0.3) is 0 Å². The summed E-state index contributed by atoms with van der Waals surface area (Å²) in [6.07, 6.45) is 1.38. The number of rotatable bonds is 6. The quantitative estimate of drug-likeness (QED) is 0.671. The van der Waals surface area contributed by atoms with E-state index < -0.39 is 0 Å². The molecule has 2 aliphatic heterocycles. The molecule has 2 aromatic rings. The second-order valence-electron chi connectivity index (χ2n) is 8.02. The van der Waals surface area contributed by atoms with Crippen LogP contribution in [-0.4, -0.2) is 47.0 Å². The number of carbonyl (C=O) groups is 2. The summed E-state index contributed by atoms with van der Waals surface area (Å²) in [6.45, 7) is 6.10. The molecule has 2 saturated heterocycles. The fourth-order valence-electron chi connectivity index (χ4n) is 4.38. The summed E-state index contributed by atoms with van der Waals surface area (Å²) >= 11 is 0. The number of carbonyl (C=O) groups excluding carboxylic acids is 2. The molecule has 0 N–H and O–H groups in total. The molecule has 3 heterocycles. The van der Waals surface area contributed by atoms with Crippen LogP contribution in [0.15, 0.2) is 46.9 Å². The first-order valence-corrected chi connectivity index (χ1v) is 10.5. The SMILES string of the molecule is CC(=O)OCc1ccc(CN2CCC(N3C(=O)OC(c4ccccc4)C3C)CC2)o1. The van der Waals surface area contributed by atoms with Gasteiger partial charge in [0.15, 0.2) is 0 Å². The van der Waals surface area contributed by atoms with E-state index >= 15 is 0 Å². The van der Waals surface area contributed by atoms with Gasteiger partial charge < -0.3 is 13.9 Å². The lowest BCUT2D eigenvalue weighted by Gasteiger charge is -2.37. The number of ether oxygens (including phenoxy) is 2. The fraction of sp³-hybridized carbons (Fsp3) is 0.478. The highest BCUT2D eigenvalue weighted by atomic mass is 16.6. The van der Waals surface area contributed by atoms with Gasteiger partial charge in [-0.1, -0.05) is 30.3 Å². The molecule has 4 rings (SSSR count). The normalized spacial score (nSPS) is 22.9. The number of furan rings is 1. The minimum atomic E-state index is -0.320. The number of piperidine rings is 1. The van der Waals surface area contributed by atoms with Gasteiger partial charge in [-0.25, -0.2) is 4.79 Å². The number of benzene rings is 1. The maximum atomic E-state index is 12.6. The third kappa shape index (κ3) is 4.51. The highest BCUT2D eigenvalue weighted by Crippen LogP contribution is 2.35. The minimum absolute atomic E-state index is 0.0189. The smallest absolute Gasteiger partial charge is 0.411 e. The number of esters is 1. The van der Waals surface area contributed by atoms with Gasteiger partial charge in [-0.15, -0.1) is 0 Å². The van der Waals surface area contributed by atoms with Crippen molar-refractivity contribution in [3.05, 3.63) is 59.5 Å². The monoisotopic (exact) mass is 412 g/mol. The number of likely N-dealkylation sites (tertiary alicyclic amines) is 1. The van der Waals surface area contributed by atoms with E-state index in [1.165, 1.54) is 6.92 Å². The van der Waals surface area contributed by atoms with Gasteiger partial charge in [0.2, 0.25) is 0 Å². The Labute approximate surface area is 176 Å². The minimum Gasteiger partial charge on any atom is -0.461 e. The van der Waals surface area contributed by atoms with E-state index in [0.717, 1.165) is 37.3 Å². The van der Waals surface area contributed by atoms with Crippen molar-refractivity contribution in [3.63, 3.8) is 0 Å². The summed E-state index contributed by atoms with van der Waals surface area (Å²) in [7, 11) is 0. The molecule has 1 aromatic heterocycles. The summed E-state index contributed by atoms with van der Waals surface area (Å²) < 4.78 is 16.4. The van der Waals surface area contributed by atoms with Crippen LogP contribution in [0.25, 0.3) is 0 Å². The molecule has 1 aromatic carbocycles. The molecule has 2 atom stereocenters. The van der Waals surface area contributed by atoms with Crippen LogP contribution in [0, 0.1) is 0 Å². The van der Waals surface area contributed by atoms with Gasteiger partial charge in [0.05, 0.1) is 12.6 Å². The molecule has 7 heteroatoms. The Bertz CT molecular complexity index is 873. The molecule has 2 aliphatic rings. The van der Waals surface area contributed by atoms with E-state index in [9.17, 15) is 9.59 Å². The predicted molar refractivity (Wildman–Crippen MR) is 109 cm³/mol. The van der Waals surface area contributed by atoms with Gasteiger partial charge in [0, 0.05) is 26.1 Å². The summed E-state index contributed by atoms with van der Waals surface area (Å²) in [4.78, 5) is 27.8. The van der Waals surface area contributed by atoms with Crippen LogP contribution in [0.1, 0.15) is 49.9 Å². The molecule has 30 heavy (non-hydrogen) atoms. The third-order valence-corrected chi connectivity index (χ3v) is 5.91. The Balaban J connectivity index is 1.30. The maximum absolute atomic E-state index is 12.6. The summed E-state index contributed by atoms with van der Waals surface area (Å²) in [5.74, 6) is 1.18. The molecule has 0 bridgehead atoms. The first kappa shape index (κ1) is 20.5. The molecule has 7 nitrogen and oxygen atoms in total. The van der Waals surface area contributed by atoms with Gasteiger partial charge in [-0.05, 0) is 37.5 Å². The van der Waals surface area contributed by atoms with E-state index in [0.29, 0.717) is 12.3 Å². The molecular formula is C23H28N2O5. The Kier molecular flexibility index (Phi) is 6.08. The second kappa shape index (κ2) is 8.92. The van der Waals surface area contributed by atoms with E-state index in [1.54, 1.807) is 0 Å². The summed E-state index contributed by atoms with van der Waals surface area (Å²) in [5, 5.41) is 0. The van der Waals surface area contributed by atoms with Crippen molar-refractivity contribution in [2.24, 2.45) is 0 Å². The predicted octanol–water partition coefficient (Wildman–Crippen LogP) is 3.89. The Morgan fingerprint density at radius 1 is 1.10 bits per heavy atom. The van der Waals surface area contributed by atoms with Gasteiger partial charge in [-0.2, -0.15) is 0 Å². The highest BCUT2D eigenvalue weighted by Gasteiger charge is 2.43. The Morgan fingerprint density at radius 2 is 1.80 bits per heavy atom. The number of hydrogen-bond acceptors (Lipinski definition) is 6. The van der Waals surface area contributed by atoms with Crippen LogP contribution in [0.4, 0.5) is 4.79 Å². The van der Waals surface area contributed by atoms with Crippen molar-refractivity contribution in [2.75, 3.05) is 13.1 Å². The third-order valence-electron chi connectivity index (χ3n) is 5.91.